The first-order valence-electron chi connectivity index (χ1n) is 10.2. The Hall–Kier alpha value is -3.86. The van der Waals surface area contributed by atoms with Gasteiger partial charge in [-0.25, -0.2) is 4.90 Å². The van der Waals surface area contributed by atoms with Crippen molar-refractivity contribution in [2.45, 2.75) is 6.92 Å². The molecule has 0 unspecified atom stereocenters. The molecule has 0 aromatic heterocycles. The molecule has 4 rings (SSSR count). The molecule has 1 aliphatic heterocycles. The number of anilines is 2. The van der Waals surface area contributed by atoms with Crippen LogP contribution in [0.3, 0.4) is 0 Å². The number of ether oxygens (including phenoxy) is 1. The summed E-state index contributed by atoms with van der Waals surface area (Å²) in [7, 11) is 3.96. The summed E-state index contributed by atoms with van der Waals surface area (Å²) in [5.74, 6) is 0.0229. The molecular weight excluding hydrogens is 388 g/mol. The van der Waals surface area contributed by atoms with E-state index in [4.69, 9.17) is 4.74 Å². The van der Waals surface area contributed by atoms with E-state index in [1.807, 2.05) is 74.5 Å². The summed E-state index contributed by atoms with van der Waals surface area (Å²) in [5, 5.41) is 0. The molecule has 0 saturated heterocycles. The summed E-state index contributed by atoms with van der Waals surface area (Å²) in [6.07, 6.45) is 1.84. The molecule has 0 bridgehead atoms. The molecule has 0 fully saturated rings. The van der Waals surface area contributed by atoms with E-state index in [2.05, 4.69) is 0 Å². The molecule has 156 valence electrons. The van der Waals surface area contributed by atoms with Crippen molar-refractivity contribution >= 4 is 34.8 Å². The Bertz CT molecular complexity index is 1150. The van der Waals surface area contributed by atoms with E-state index in [0.717, 1.165) is 11.3 Å². The highest BCUT2D eigenvalue weighted by Crippen LogP contribution is 2.34. The predicted molar refractivity (Wildman–Crippen MR) is 125 cm³/mol. The molecule has 31 heavy (non-hydrogen) atoms. The summed E-state index contributed by atoms with van der Waals surface area (Å²) in [4.78, 5) is 29.9. The number of amides is 2. The van der Waals surface area contributed by atoms with Crippen molar-refractivity contribution < 1.29 is 14.3 Å². The zero-order chi connectivity index (χ0) is 22.0. The maximum Gasteiger partial charge on any atom is 0.265 e. The second-order valence-electron chi connectivity index (χ2n) is 7.46. The molecule has 5 heteroatoms. The molecule has 1 aliphatic rings. The first-order valence-corrected chi connectivity index (χ1v) is 10.2. The quantitative estimate of drug-likeness (QED) is 0.443. The summed E-state index contributed by atoms with van der Waals surface area (Å²) >= 11 is 0. The molecule has 0 spiro atoms. The van der Waals surface area contributed by atoms with Gasteiger partial charge in [0.25, 0.3) is 11.8 Å². The van der Waals surface area contributed by atoms with Crippen molar-refractivity contribution in [2.24, 2.45) is 0 Å². The van der Waals surface area contributed by atoms with Gasteiger partial charge >= 0.3 is 0 Å². The molecule has 0 atom stereocenters. The minimum atomic E-state index is -0.343. The van der Waals surface area contributed by atoms with Crippen LogP contribution in [0.4, 0.5) is 11.4 Å². The Kier molecular flexibility index (Phi) is 5.58. The van der Waals surface area contributed by atoms with Gasteiger partial charge in [-0.1, -0.05) is 30.3 Å². The Balaban J connectivity index is 1.78. The lowest BCUT2D eigenvalue weighted by Gasteiger charge is -2.28. The van der Waals surface area contributed by atoms with Crippen LogP contribution in [-0.2, 0) is 4.79 Å². The van der Waals surface area contributed by atoms with Gasteiger partial charge in [-0.2, -0.15) is 0 Å². The number of hydrogen-bond acceptors (Lipinski definition) is 4. The van der Waals surface area contributed by atoms with Gasteiger partial charge in [-0.15, -0.1) is 0 Å². The fraction of sp³-hybridized carbons (Fsp3) is 0.154. The minimum Gasteiger partial charge on any atom is -0.494 e. The van der Waals surface area contributed by atoms with E-state index in [1.165, 1.54) is 4.90 Å². The zero-order valence-electron chi connectivity index (χ0n) is 17.8. The first kappa shape index (κ1) is 20.4. The Labute approximate surface area is 182 Å². The van der Waals surface area contributed by atoms with Gasteiger partial charge in [0.2, 0.25) is 0 Å². The SMILES string of the molecule is CCOc1ccc(N2C(=O)/C(=C/c3ccc(N(C)C)cc3)c3ccccc3C2=O)cc1. The summed E-state index contributed by atoms with van der Waals surface area (Å²) in [6, 6.07) is 22.2. The van der Waals surface area contributed by atoms with Crippen LogP contribution >= 0.6 is 0 Å². The zero-order valence-corrected chi connectivity index (χ0v) is 17.8. The van der Waals surface area contributed by atoms with Crippen LogP contribution in [0.25, 0.3) is 11.6 Å². The number of hydrogen-bond donors (Lipinski definition) is 0. The van der Waals surface area contributed by atoms with Crippen LogP contribution in [0.2, 0.25) is 0 Å². The second-order valence-corrected chi connectivity index (χ2v) is 7.46. The van der Waals surface area contributed by atoms with Crippen LogP contribution in [0.1, 0.15) is 28.4 Å². The average Bonchev–Trinajstić information content (AvgIpc) is 2.78. The van der Waals surface area contributed by atoms with Crippen LogP contribution in [0.5, 0.6) is 5.75 Å². The maximum atomic E-state index is 13.5. The van der Waals surface area contributed by atoms with Crippen LogP contribution in [0, 0.1) is 0 Å². The van der Waals surface area contributed by atoms with Gasteiger partial charge in [0, 0.05) is 30.9 Å². The Morgan fingerprint density at radius 1 is 0.839 bits per heavy atom. The van der Waals surface area contributed by atoms with Gasteiger partial charge in [-0.05, 0) is 66.6 Å². The molecule has 0 saturated carbocycles. The standard InChI is InChI=1S/C26H24N2O3/c1-4-31-21-15-13-20(14-16-21)28-25(29)23-8-6-5-7-22(23)24(26(28)30)17-18-9-11-19(12-10-18)27(2)3/h5-17H,4H2,1-3H3/b24-17+. The molecule has 1 heterocycles. The minimum absolute atomic E-state index is 0.329. The number of imide groups is 1. The smallest absolute Gasteiger partial charge is 0.265 e. The van der Waals surface area contributed by atoms with E-state index in [9.17, 15) is 9.59 Å². The van der Waals surface area contributed by atoms with Crippen molar-refractivity contribution in [1.82, 2.24) is 0 Å². The van der Waals surface area contributed by atoms with Gasteiger partial charge in [0.05, 0.1) is 12.3 Å². The normalized spacial score (nSPS) is 14.5. The molecule has 0 aliphatic carbocycles. The fourth-order valence-corrected chi connectivity index (χ4v) is 3.62. The summed E-state index contributed by atoms with van der Waals surface area (Å²) in [5.41, 5.74) is 4.13. The lowest BCUT2D eigenvalue weighted by molar-refractivity contribution is -0.112. The highest BCUT2D eigenvalue weighted by molar-refractivity contribution is 6.43. The topological polar surface area (TPSA) is 49.9 Å². The fourth-order valence-electron chi connectivity index (χ4n) is 3.62. The van der Waals surface area contributed by atoms with Gasteiger partial charge in [0.15, 0.2) is 0 Å². The third-order valence-electron chi connectivity index (χ3n) is 5.21. The Morgan fingerprint density at radius 2 is 1.48 bits per heavy atom. The van der Waals surface area contributed by atoms with E-state index in [-0.39, 0.29) is 11.8 Å². The molecule has 0 N–H and O–H groups in total. The van der Waals surface area contributed by atoms with Gasteiger partial charge in [-0.3, -0.25) is 9.59 Å². The van der Waals surface area contributed by atoms with E-state index < -0.39 is 0 Å². The number of benzene rings is 3. The van der Waals surface area contributed by atoms with Crippen LogP contribution in [-0.4, -0.2) is 32.5 Å². The van der Waals surface area contributed by atoms with Crippen molar-refractivity contribution in [3.05, 3.63) is 89.5 Å². The van der Waals surface area contributed by atoms with Crippen molar-refractivity contribution in [3.8, 4) is 5.75 Å². The number of nitrogens with zero attached hydrogens (tertiary/aromatic N) is 2. The number of rotatable bonds is 5. The lowest BCUT2D eigenvalue weighted by atomic mass is 9.91. The molecule has 3 aromatic carbocycles. The van der Waals surface area contributed by atoms with Gasteiger partial charge in [0.1, 0.15) is 5.75 Å². The number of fused-ring (bicyclic) bond motifs is 1. The van der Waals surface area contributed by atoms with E-state index in [0.29, 0.717) is 34.7 Å². The first-order chi connectivity index (χ1) is 15.0. The van der Waals surface area contributed by atoms with Crippen molar-refractivity contribution in [2.75, 3.05) is 30.5 Å². The molecular formula is C26H24N2O3. The highest BCUT2D eigenvalue weighted by atomic mass is 16.5. The van der Waals surface area contributed by atoms with E-state index >= 15 is 0 Å². The van der Waals surface area contributed by atoms with Crippen molar-refractivity contribution in [3.63, 3.8) is 0 Å². The largest absolute Gasteiger partial charge is 0.494 e. The molecule has 5 nitrogen and oxygen atoms in total. The molecule has 0 radical (unpaired) electrons. The van der Waals surface area contributed by atoms with Crippen LogP contribution < -0.4 is 14.5 Å². The second kappa shape index (κ2) is 8.48. The van der Waals surface area contributed by atoms with Crippen LogP contribution in [0.15, 0.2) is 72.8 Å². The monoisotopic (exact) mass is 412 g/mol. The van der Waals surface area contributed by atoms with Crippen molar-refractivity contribution in [1.29, 1.82) is 0 Å². The third kappa shape index (κ3) is 3.94. The molecule has 2 amide bonds. The average molecular weight is 412 g/mol. The Morgan fingerprint density at radius 3 is 2.10 bits per heavy atom. The highest BCUT2D eigenvalue weighted by Gasteiger charge is 2.35. The van der Waals surface area contributed by atoms with Gasteiger partial charge < -0.3 is 9.64 Å². The summed E-state index contributed by atoms with van der Waals surface area (Å²) in [6.45, 7) is 2.46. The number of carbonyl (C=O) groups excluding carboxylic acids is 2. The third-order valence-corrected chi connectivity index (χ3v) is 5.21. The number of carbonyl (C=O) groups is 2. The maximum absolute atomic E-state index is 13.5. The summed E-state index contributed by atoms with van der Waals surface area (Å²) < 4.78 is 5.48. The lowest BCUT2D eigenvalue weighted by Crippen LogP contribution is -2.41. The van der Waals surface area contributed by atoms with E-state index in [1.54, 1.807) is 30.3 Å². The molecule has 3 aromatic rings. The predicted octanol–water partition coefficient (Wildman–Crippen LogP) is 4.88.